The number of aromatic nitrogens is 1. The largest absolute Gasteiger partial charge is 0.314 e. The summed E-state index contributed by atoms with van der Waals surface area (Å²) in [6.07, 6.45) is 18.8. The summed E-state index contributed by atoms with van der Waals surface area (Å²) in [5.74, 6) is 2.13. The zero-order chi connectivity index (χ0) is 15.7. The second-order valence-electron chi connectivity index (χ2n) is 7.75. The molecule has 3 atom stereocenters. The molecule has 1 heterocycles. The lowest BCUT2D eigenvalue weighted by Gasteiger charge is -2.39. The van der Waals surface area contributed by atoms with Crippen LogP contribution in [0.15, 0.2) is 24.4 Å². The molecule has 0 aliphatic heterocycles. The van der Waals surface area contributed by atoms with E-state index in [1.165, 1.54) is 82.9 Å². The highest BCUT2D eigenvalue weighted by Gasteiger charge is 2.31. The van der Waals surface area contributed by atoms with E-state index in [1.807, 2.05) is 12.3 Å². The van der Waals surface area contributed by atoms with Crippen LogP contribution in [0.3, 0.4) is 0 Å². The molecule has 2 aliphatic rings. The maximum atomic E-state index is 4.39. The van der Waals surface area contributed by atoms with Gasteiger partial charge in [-0.25, -0.2) is 0 Å². The van der Waals surface area contributed by atoms with Crippen molar-refractivity contribution in [2.75, 3.05) is 6.54 Å². The Kier molecular flexibility index (Phi) is 6.94. The van der Waals surface area contributed by atoms with Crippen molar-refractivity contribution in [1.82, 2.24) is 10.3 Å². The molecular weight excluding hydrogens is 280 g/mol. The van der Waals surface area contributed by atoms with Crippen LogP contribution in [-0.4, -0.2) is 17.6 Å². The number of unbranched alkanes of at least 4 members (excludes halogenated alkanes) is 3. The minimum atomic E-state index is 0.822. The van der Waals surface area contributed by atoms with Gasteiger partial charge in [-0.1, -0.05) is 44.6 Å². The van der Waals surface area contributed by atoms with E-state index >= 15 is 0 Å². The Bertz CT molecular complexity index is 431. The Morgan fingerprint density at radius 3 is 2.65 bits per heavy atom. The molecule has 2 nitrogen and oxygen atoms in total. The molecule has 1 aromatic rings. The van der Waals surface area contributed by atoms with Gasteiger partial charge >= 0.3 is 0 Å². The monoisotopic (exact) mass is 314 g/mol. The molecule has 2 aliphatic carbocycles. The lowest BCUT2D eigenvalue weighted by Crippen LogP contribution is -2.39. The Morgan fingerprint density at radius 2 is 1.78 bits per heavy atom. The average Bonchev–Trinajstić information content (AvgIpc) is 2.61. The molecule has 0 bridgehead atoms. The second kappa shape index (κ2) is 9.42. The van der Waals surface area contributed by atoms with Crippen molar-refractivity contribution in [3.63, 3.8) is 0 Å². The van der Waals surface area contributed by atoms with Crippen molar-refractivity contribution in [1.29, 1.82) is 0 Å². The number of hydrogen-bond acceptors (Lipinski definition) is 2. The van der Waals surface area contributed by atoms with E-state index in [0.29, 0.717) is 0 Å². The Morgan fingerprint density at radius 1 is 0.913 bits per heavy atom. The predicted octanol–water partition coefficient (Wildman–Crippen LogP) is 5.13. The smallest absolute Gasteiger partial charge is 0.0403 e. The van der Waals surface area contributed by atoms with Gasteiger partial charge in [0, 0.05) is 17.9 Å². The van der Waals surface area contributed by atoms with E-state index < -0.39 is 0 Å². The SMILES string of the molecule is c1ccc(CCCCCCN[C@H]2CCC3CCCCC3C2)nc1. The van der Waals surface area contributed by atoms with Crippen LogP contribution >= 0.6 is 0 Å². The summed E-state index contributed by atoms with van der Waals surface area (Å²) in [6, 6.07) is 7.05. The maximum absolute atomic E-state index is 4.39. The first kappa shape index (κ1) is 17.0. The van der Waals surface area contributed by atoms with E-state index in [9.17, 15) is 0 Å². The second-order valence-corrected chi connectivity index (χ2v) is 7.75. The summed E-state index contributed by atoms with van der Waals surface area (Å²) in [7, 11) is 0. The van der Waals surface area contributed by atoms with Gasteiger partial charge < -0.3 is 5.32 Å². The Labute approximate surface area is 142 Å². The van der Waals surface area contributed by atoms with E-state index in [2.05, 4.69) is 22.4 Å². The summed E-state index contributed by atoms with van der Waals surface area (Å²) in [6.45, 7) is 1.23. The normalized spacial score (nSPS) is 27.6. The number of nitrogens with one attached hydrogen (secondary N) is 1. The van der Waals surface area contributed by atoms with Crippen molar-refractivity contribution >= 4 is 0 Å². The molecule has 0 radical (unpaired) electrons. The molecule has 2 fully saturated rings. The molecule has 3 rings (SSSR count). The Hall–Kier alpha value is -0.890. The van der Waals surface area contributed by atoms with Crippen molar-refractivity contribution in [3.8, 4) is 0 Å². The van der Waals surface area contributed by atoms with Crippen molar-refractivity contribution in [2.24, 2.45) is 11.8 Å². The van der Waals surface area contributed by atoms with E-state index in [4.69, 9.17) is 0 Å². The molecule has 0 amide bonds. The molecule has 2 heteroatoms. The summed E-state index contributed by atoms with van der Waals surface area (Å²) in [5.41, 5.74) is 1.25. The van der Waals surface area contributed by atoms with Crippen LogP contribution < -0.4 is 5.32 Å². The van der Waals surface area contributed by atoms with E-state index in [-0.39, 0.29) is 0 Å². The van der Waals surface area contributed by atoms with Gasteiger partial charge in [-0.2, -0.15) is 0 Å². The number of fused-ring (bicyclic) bond motifs is 1. The van der Waals surface area contributed by atoms with Crippen molar-refractivity contribution in [3.05, 3.63) is 30.1 Å². The van der Waals surface area contributed by atoms with Crippen LogP contribution in [0.5, 0.6) is 0 Å². The van der Waals surface area contributed by atoms with Gasteiger partial charge in [-0.3, -0.25) is 4.98 Å². The highest BCUT2D eigenvalue weighted by atomic mass is 14.9. The summed E-state index contributed by atoms with van der Waals surface area (Å²) < 4.78 is 0. The zero-order valence-electron chi connectivity index (χ0n) is 14.7. The first-order valence-corrected chi connectivity index (χ1v) is 10.0. The molecule has 128 valence electrons. The number of nitrogens with zero attached hydrogens (tertiary/aromatic N) is 1. The number of pyridine rings is 1. The number of hydrogen-bond donors (Lipinski definition) is 1. The standard InChI is InChI=1S/C21H34N2/c1(3-11-20-12-6-8-16-22-20)2-7-15-23-21-14-13-18-9-4-5-10-19(18)17-21/h6,8,12,16,18-19,21,23H,1-5,7,9-11,13-15,17H2/t18?,19?,21-/m0/s1. The van der Waals surface area contributed by atoms with Crippen LogP contribution in [0.2, 0.25) is 0 Å². The van der Waals surface area contributed by atoms with Gasteiger partial charge in [0.2, 0.25) is 0 Å². The third-order valence-corrected chi connectivity index (χ3v) is 6.06. The summed E-state index contributed by atoms with van der Waals surface area (Å²) in [4.78, 5) is 4.39. The molecule has 1 N–H and O–H groups in total. The Balaban J connectivity index is 1.20. The zero-order valence-corrected chi connectivity index (χ0v) is 14.7. The van der Waals surface area contributed by atoms with Crippen LogP contribution in [-0.2, 0) is 6.42 Å². The topological polar surface area (TPSA) is 24.9 Å². The van der Waals surface area contributed by atoms with E-state index in [0.717, 1.165) is 24.3 Å². The fraction of sp³-hybridized carbons (Fsp3) is 0.762. The lowest BCUT2D eigenvalue weighted by molar-refractivity contribution is 0.143. The number of rotatable bonds is 8. The summed E-state index contributed by atoms with van der Waals surface area (Å²) in [5, 5.41) is 3.85. The highest BCUT2D eigenvalue weighted by molar-refractivity contribution is 5.03. The van der Waals surface area contributed by atoms with Gasteiger partial charge in [0.25, 0.3) is 0 Å². The first-order valence-electron chi connectivity index (χ1n) is 10.0. The fourth-order valence-corrected chi connectivity index (χ4v) is 4.70. The molecule has 0 spiro atoms. The third kappa shape index (κ3) is 5.60. The van der Waals surface area contributed by atoms with Crippen LogP contribution in [0.4, 0.5) is 0 Å². The summed E-state index contributed by atoms with van der Waals surface area (Å²) >= 11 is 0. The van der Waals surface area contributed by atoms with Crippen molar-refractivity contribution in [2.45, 2.75) is 83.1 Å². The van der Waals surface area contributed by atoms with Crippen LogP contribution in [0.25, 0.3) is 0 Å². The molecular formula is C21H34N2. The van der Waals surface area contributed by atoms with Crippen LogP contribution in [0, 0.1) is 11.8 Å². The van der Waals surface area contributed by atoms with Crippen LogP contribution in [0.1, 0.15) is 76.3 Å². The van der Waals surface area contributed by atoms with Gasteiger partial charge in [-0.15, -0.1) is 0 Å². The molecule has 1 aromatic heterocycles. The minimum Gasteiger partial charge on any atom is -0.314 e. The highest BCUT2D eigenvalue weighted by Crippen LogP contribution is 2.40. The first-order chi connectivity index (χ1) is 11.4. The molecule has 0 aromatic carbocycles. The minimum absolute atomic E-state index is 0.822. The van der Waals surface area contributed by atoms with E-state index in [1.54, 1.807) is 0 Å². The quantitative estimate of drug-likeness (QED) is 0.673. The predicted molar refractivity (Wildman–Crippen MR) is 97.5 cm³/mol. The molecule has 2 saturated carbocycles. The van der Waals surface area contributed by atoms with Gasteiger partial charge in [0.05, 0.1) is 0 Å². The van der Waals surface area contributed by atoms with Gasteiger partial charge in [0.15, 0.2) is 0 Å². The molecule has 2 unspecified atom stereocenters. The van der Waals surface area contributed by atoms with Crippen molar-refractivity contribution < 1.29 is 0 Å². The van der Waals surface area contributed by atoms with Gasteiger partial charge in [0.1, 0.15) is 0 Å². The fourth-order valence-electron chi connectivity index (χ4n) is 4.70. The molecule has 23 heavy (non-hydrogen) atoms. The lowest BCUT2D eigenvalue weighted by atomic mass is 9.69. The number of aryl methyl sites for hydroxylation is 1. The molecule has 0 saturated heterocycles. The third-order valence-electron chi connectivity index (χ3n) is 6.06. The average molecular weight is 315 g/mol. The maximum Gasteiger partial charge on any atom is 0.0403 e. The van der Waals surface area contributed by atoms with Gasteiger partial charge in [-0.05, 0) is 69.0 Å².